The van der Waals surface area contributed by atoms with Gasteiger partial charge in [-0.15, -0.1) is 0 Å². The van der Waals surface area contributed by atoms with Gasteiger partial charge in [0.1, 0.15) is 0 Å². The summed E-state index contributed by atoms with van der Waals surface area (Å²) in [6, 6.07) is 0. The Morgan fingerprint density at radius 3 is 1.42 bits per heavy atom. The number of unbranched alkanes of at least 4 members (excludes halogenated alkanes) is 8. The zero-order valence-corrected chi connectivity index (χ0v) is 13.3. The monoisotopic (exact) mass is 272 g/mol. The minimum Gasteiger partial charge on any atom is -0.389 e. The Morgan fingerprint density at radius 1 is 0.632 bits per heavy atom. The minimum absolute atomic E-state index is 0.475. The van der Waals surface area contributed by atoms with Crippen LogP contribution in [0.3, 0.4) is 0 Å². The van der Waals surface area contributed by atoms with E-state index in [1.165, 1.54) is 51.4 Å². The number of hydrogen-bond donors (Lipinski definition) is 0. The molecule has 0 radical (unpaired) electrons. The quantitative estimate of drug-likeness (QED) is 0.322. The van der Waals surface area contributed by atoms with Crippen LogP contribution in [0.4, 0.5) is 0 Å². The van der Waals surface area contributed by atoms with Gasteiger partial charge in [-0.3, -0.25) is 0 Å². The van der Waals surface area contributed by atoms with Crippen LogP contribution in [0.5, 0.6) is 0 Å². The van der Waals surface area contributed by atoms with Crippen molar-refractivity contribution in [2.45, 2.75) is 78.1 Å². The standard InChI is InChI=1S/C15H33BO3/c1-4-6-8-10-12-14-18-16(17-3)19-15-13-11-9-7-5-2/h4-15H2,1-3H3. The first kappa shape index (κ1) is 18.9. The van der Waals surface area contributed by atoms with Gasteiger partial charge in [-0.05, 0) is 12.8 Å². The van der Waals surface area contributed by atoms with E-state index in [9.17, 15) is 0 Å². The topological polar surface area (TPSA) is 27.7 Å². The molecule has 0 saturated carbocycles. The largest absolute Gasteiger partial charge is 0.639 e. The van der Waals surface area contributed by atoms with Crippen LogP contribution in [0.15, 0.2) is 0 Å². The van der Waals surface area contributed by atoms with Gasteiger partial charge in [0.2, 0.25) is 0 Å². The summed E-state index contributed by atoms with van der Waals surface area (Å²) in [7, 11) is 1.16. The molecular formula is C15H33BO3. The maximum Gasteiger partial charge on any atom is 0.639 e. The first-order valence-electron chi connectivity index (χ1n) is 8.11. The molecule has 0 aromatic rings. The summed E-state index contributed by atoms with van der Waals surface area (Å²) >= 11 is 0. The fourth-order valence-corrected chi connectivity index (χ4v) is 1.95. The lowest BCUT2D eigenvalue weighted by Gasteiger charge is -2.12. The van der Waals surface area contributed by atoms with Crippen molar-refractivity contribution in [3.8, 4) is 0 Å². The van der Waals surface area contributed by atoms with Gasteiger partial charge in [-0.2, -0.15) is 0 Å². The lowest BCUT2D eigenvalue weighted by Crippen LogP contribution is -2.26. The highest BCUT2D eigenvalue weighted by Gasteiger charge is 2.18. The van der Waals surface area contributed by atoms with Crippen LogP contribution < -0.4 is 0 Å². The molecule has 0 unspecified atom stereocenters. The third kappa shape index (κ3) is 14.2. The van der Waals surface area contributed by atoms with Crippen molar-refractivity contribution in [3.05, 3.63) is 0 Å². The van der Waals surface area contributed by atoms with Crippen molar-refractivity contribution in [2.24, 2.45) is 0 Å². The Labute approximate surface area is 120 Å². The SMILES string of the molecule is CCCCCCCOB(OC)OCCCCCCC. The molecule has 0 bridgehead atoms. The summed E-state index contributed by atoms with van der Waals surface area (Å²) < 4.78 is 16.3. The van der Waals surface area contributed by atoms with Gasteiger partial charge in [-0.25, -0.2) is 0 Å². The number of rotatable bonds is 15. The fourth-order valence-electron chi connectivity index (χ4n) is 1.95. The Morgan fingerprint density at radius 2 is 1.05 bits per heavy atom. The van der Waals surface area contributed by atoms with Gasteiger partial charge in [0, 0.05) is 20.3 Å². The Bertz CT molecular complexity index is 151. The molecule has 3 nitrogen and oxygen atoms in total. The molecule has 19 heavy (non-hydrogen) atoms. The first-order chi connectivity index (χ1) is 9.35. The summed E-state index contributed by atoms with van der Waals surface area (Å²) in [5.74, 6) is 0. The molecule has 0 aliphatic carbocycles. The van der Waals surface area contributed by atoms with E-state index in [1.54, 1.807) is 7.11 Å². The predicted octanol–water partition coefficient (Wildman–Crippen LogP) is 4.59. The molecule has 0 aliphatic heterocycles. The van der Waals surface area contributed by atoms with E-state index in [0.717, 1.165) is 26.1 Å². The van der Waals surface area contributed by atoms with Gasteiger partial charge >= 0.3 is 7.32 Å². The smallest absolute Gasteiger partial charge is 0.389 e. The first-order valence-corrected chi connectivity index (χ1v) is 8.11. The summed E-state index contributed by atoms with van der Waals surface area (Å²) in [4.78, 5) is 0. The van der Waals surface area contributed by atoms with Crippen LogP contribution in [-0.4, -0.2) is 27.6 Å². The van der Waals surface area contributed by atoms with E-state index < -0.39 is 7.32 Å². The van der Waals surface area contributed by atoms with Crippen LogP contribution >= 0.6 is 0 Å². The molecule has 0 aliphatic rings. The van der Waals surface area contributed by atoms with Gasteiger partial charge in [0.15, 0.2) is 0 Å². The molecule has 4 heteroatoms. The average Bonchev–Trinajstić information content (AvgIpc) is 2.44. The summed E-state index contributed by atoms with van der Waals surface area (Å²) in [6.45, 7) is 5.92. The van der Waals surface area contributed by atoms with E-state index in [4.69, 9.17) is 14.0 Å². The van der Waals surface area contributed by atoms with Gasteiger partial charge in [0.25, 0.3) is 0 Å². The van der Waals surface area contributed by atoms with E-state index in [1.807, 2.05) is 0 Å². The molecule has 0 aromatic heterocycles. The summed E-state index contributed by atoms with van der Waals surface area (Å²) in [5.41, 5.74) is 0. The van der Waals surface area contributed by atoms with Crippen LogP contribution in [0.2, 0.25) is 0 Å². The maximum absolute atomic E-state index is 5.55. The van der Waals surface area contributed by atoms with Crippen LogP contribution in [0, 0.1) is 0 Å². The van der Waals surface area contributed by atoms with Gasteiger partial charge in [0.05, 0.1) is 0 Å². The predicted molar refractivity (Wildman–Crippen MR) is 82.2 cm³/mol. The lowest BCUT2D eigenvalue weighted by atomic mass is 10.1. The second kappa shape index (κ2) is 16.0. The highest BCUT2D eigenvalue weighted by Crippen LogP contribution is 2.05. The Kier molecular flexibility index (Phi) is 16.0. The van der Waals surface area contributed by atoms with E-state index >= 15 is 0 Å². The third-order valence-corrected chi connectivity index (χ3v) is 3.20. The molecule has 0 aromatic carbocycles. The van der Waals surface area contributed by atoms with Crippen molar-refractivity contribution in [3.63, 3.8) is 0 Å². The zero-order chi connectivity index (χ0) is 14.2. The average molecular weight is 272 g/mol. The molecule has 0 atom stereocenters. The van der Waals surface area contributed by atoms with E-state index in [0.29, 0.717) is 0 Å². The van der Waals surface area contributed by atoms with Gasteiger partial charge < -0.3 is 14.0 Å². The highest BCUT2D eigenvalue weighted by atomic mass is 16.7. The highest BCUT2D eigenvalue weighted by molar-refractivity contribution is 6.36. The van der Waals surface area contributed by atoms with Crippen molar-refractivity contribution in [1.29, 1.82) is 0 Å². The van der Waals surface area contributed by atoms with Gasteiger partial charge in [-0.1, -0.05) is 65.2 Å². The molecule has 0 amide bonds. The Hall–Kier alpha value is -0.0551. The second-order valence-corrected chi connectivity index (χ2v) is 5.09. The summed E-state index contributed by atoms with van der Waals surface area (Å²) in [5, 5.41) is 0. The summed E-state index contributed by atoms with van der Waals surface area (Å²) in [6.07, 6.45) is 12.5. The molecule has 0 N–H and O–H groups in total. The van der Waals surface area contributed by atoms with Crippen molar-refractivity contribution in [1.82, 2.24) is 0 Å². The molecule has 0 spiro atoms. The lowest BCUT2D eigenvalue weighted by molar-refractivity contribution is 0.109. The molecule has 114 valence electrons. The fraction of sp³-hybridized carbons (Fsp3) is 1.00. The number of hydrogen-bond acceptors (Lipinski definition) is 3. The Balaban J connectivity index is 3.30. The second-order valence-electron chi connectivity index (χ2n) is 5.09. The van der Waals surface area contributed by atoms with Crippen LogP contribution in [0.1, 0.15) is 78.1 Å². The van der Waals surface area contributed by atoms with E-state index in [2.05, 4.69) is 13.8 Å². The molecular weight excluding hydrogens is 239 g/mol. The molecule has 0 fully saturated rings. The molecule has 0 saturated heterocycles. The van der Waals surface area contributed by atoms with Crippen LogP contribution in [0.25, 0.3) is 0 Å². The van der Waals surface area contributed by atoms with Crippen molar-refractivity contribution < 1.29 is 14.0 Å². The minimum atomic E-state index is -0.475. The van der Waals surface area contributed by atoms with Crippen molar-refractivity contribution in [2.75, 3.05) is 20.3 Å². The van der Waals surface area contributed by atoms with Crippen LogP contribution in [-0.2, 0) is 14.0 Å². The molecule has 0 rings (SSSR count). The molecule has 0 heterocycles. The normalized spacial score (nSPS) is 10.9. The van der Waals surface area contributed by atoms with E-state index in [-0.39, 0.29) is 0 Å². The zero-order valence-electron chi connectivity index (χ0n) is 13.3. The third-order valence-electron chi connectivity index (χ3n) is 3.20. The van der Waals surface area contributed by atoms with Crippen molar-refractivity contribution >= 4 is 7.32 Å². The maximum atomic E-state index is 5.55.